The molecule has 76 valence electrons. The van der Waals surface area contributed by atoms with Gasteiger partial charge in [0, 0.05) is 1.37 Å². The van der Waals surface area contributed by atoms with Crippen molar-refractivity contribution < 1.29 is 22.2 Å². The van der Waals surface area contributed by atoms with Crippen molar-refractivity contribution in [3.8, 4) is 0 Å². The lowest BCUT2D eigenvalue weighted by atomic mass is 10.2. The Hall–Kier alpha value is -1.26. The van der Waals surface area contributed by atoms with Gasteiger partial charge in [-0.25, -0.2) is 4.79 Å². The standard InChI is InChI=1S/C8H15NO4/c1-5(6(10)11)9-7(12)13-8(2,3)4/h5H,1-4H3,(H,9,12)(H,10,11)/t5-/m0/s1/i1D,5D. The maximum absolute atomic E-state index is 11.1. The lowest BCUT2D eigenvalue weighted by Crippen LogP contribution is -2.41. The number of ether oxygens (including phenoxy) is 1. The number of carbonyl (C=O) groups excluding carboxylic acids is 1. The first kappa shape index (κ1) is 8.34. The summed E-state index contributed by atoms with van der Waals surface area (Å²) in [4.78, 5) is 21.7. The van der Waals surface area contributed by atoms with Crippen molar-refractivity contribution in [1.29, 1.82) is 0 Å². The first-order valence-electron chi connectivity index (χ1n) is 4.85. The number of amides is 1. The maximum atomic E-state index is 11.1. The smallest absolute Gasteiger partial charge is 0.408 e. The Morgan fingerprint density at radius 3 is 2.46 bits per heavy atom. The Kier molecular flexibility index (Phi) is 2.64. The van der Waals surface area contributed by atoms with Gasteiger partial charge in [0.1, 0.15) is 11.6 Å². The number of carboxylic acids is 1. The van der Waals surface area contributed by atoms with E-state index in [2.05, 4.69) is 0 Å². The van der Waals surface area contributed by atoms with Gasteiger partial charge < -0.3 is 15.2 Å². The van der Waals surface area contributed by atoms with Crippen molar-refractivity contribution in [3.63, 3.8) is 0 Å². The average molecular weight is 191 g/mol. The topological polar surface area (TPSA) is 75.6 Å². The van der Waals surface area contributed by atoms with Gasteiger partial charge in [0.05, 0.1) is 1.37 Å². The van der Waals surface area contributed by atoms with E-state index in [1.54, 1.807) is 20.8 Å². The molecule has 2 N–H and O–H groups in total. The second kappa shape index (κ2) is 4.11. The number of rotatable bonds is 2. The third-order valence-corrected chi connectivity index (χ3v) is 0.910. The van der Waals surface area contributed by atoms with E-state index in [-0.39, 0.29) is 0 Å². The van der Waals surface area contributed by atoms with Crippen LogP contribution in [0.3, 0.4) is 0 Å². The van der Waals surface area contributed by atoms with Crippen LogP contribution < -0.4 is 5.32 Å². The molecule has 1 amide bonds. The Morgan fingerprint density at radius 1 is 1.62 bits per heavy atom. The zero-order valence-electron chi connectivity index (χ0n) is 9.88. The Labute approximate surface area is 79.9 Å². The second-order valence-electron chi connectivity index (χ2n) is 3.41. The van der Waals surface area contributed by atoms with Crippen molar-refractivity contribution in [1.82, 2.24) is 5.32 Å². The molecule has 0 saturated heterocycles. The SMILES string of the molecule is [2H]C[C@]([2H])(NC(=O)OC(C)(C)C)C(=O)O. The summed E-state index contributed by atoms with van der Waals surface area (Å²) in [7, 11) is 0. The number of hydrogen-bond donors (Lipinski definition) is 2. The molecule has 0 aromatic carbocycles. The van der Waals surface area contributed by atoms with Crippen molar-refractivity contribution in [2.45, 2.75) is 39.3 Å². The first-order valence-corrected chi connectivity index (χ1v) is 3.64. The zero-order valence-corrected chi connectivity index (χ0v) is 7.88. The molecule has 0 aliphatic carbocycles. The van der Waals surface area contributed by atoms with Gasteiger partial charge in [-0.15, -0.1) is 0 Å². The van der Waals surface area contributed by atoms with E-state index in [0.717, 1.165) is 0 Å². The minimum atomic E-state index is -2.36. The van der Waals surface area contributed by atoms with E-state index in [1.165, 1.54) is 0 Å². The van der Waals surface area contributed by atoms with Gasteiger partial charge in [0.15, 0.2) is 0 Å². The highest BCUT2D eigenvalue weighted by Crippen LogP contribution is 2.06. The summed E-state index contributed by atoms with van der Waals surface area (Å²) >= 11 is 0. The fraction of sp³-hybridized carbons (Fsp3) is 0.750. The van der Waals surface area contributed by atoms with Crippen LogP contribution in [0.25, 0.3) is 0 Å². The van der Waals surface area contributed by atoms with Gasteiger partial charge in [0.25, 0.3) is 0 Å². The van der Waals surface area contributed by atoms with E-state index in [0.29, 0.717) is 0 Å². The van der Waals surface area contributed by atoms with Gasteiger partial charge >= 0.3 is 12.1 Å². The molecule has 0 aliphatic rings. The number of aliphatic carboxylic acids is 1. The summed E-state index contributed by atoms with van der Waals surface area (Å²) < 4.78 is 18.9. The van der Waals surface area contributed by atoms with Crippen LogP contribution in [-0.2, 0) is 9.53 Å². The van der Waals surface area contributed by atoms with E-state index in [9.17, 15) is 9.59 Å². The molecule has 0 unspecified atom stereocenters. The number of hydrogen-bond acceptors (Lipinski definition) is 3. The summed E-state index contributed by atoms with van der Waals surface area (Å²) in [5.41, 5.74) is -0.772. The third kappa shape index (κ3) is 5.95. The largest absolute Gasteiger partial charge is 0.480 e. The highest BCUT2D eigenvalue weighted by molar-refractivity contribution is 5.79. The lowest BCUT2D eigenvalue weighted by molar-refractivity contribution is -0.139. The predicted octanol–water partition coefficient (Wildman–Crippen LogP) is 0.984. The second-order valence-corrected chi connectivity index (χ2v) is 3.41. The number of carboxylic acid groups (broad SMARTS) is 1. The number of alkyl carbamates (subject to hydrolysis) is 1. The van der Waals surface area contributed by atoms with E-state index >= 15 is 0 Å². The molecule has 0 fully saturated rings. The fourth-order valence-corrected chi connectivity index (χ4v) is 0.480. The molecule has 1 atom stereocenters. The monoisotopic (exact) mass is 191 g/mol. The zero-order chi connectivity index (χ0) is 12.3. The molecule has 0 saturated carbocycles. The average Bonchev–Trinajstić information content (AvgIpc) is 1.99. The van der Waals surface area contributed by atoms with Crippen LogP contribution in [0, 0.1) is 0 Å². The van der Waals surface area contributed by atoms with Crippen LogP contribution in [0.15, 0.2) is 0 Å². The molecular weight excluding hydrogens is 174 g/mol. The van der Waals surface area contributed by atoms with Crippen LogP contribution in [-0.4, -0.2) is 28.8 Å². The molecular formula is C8H15NO4. The minimum Gasteiger partial charge on any atom is -0.480 e. The van der Waals surface area contributed by atoms with Gasteiger partial charge in [0.2, 0.25) is 0 Å². The van der Waals surface area contributed by atoms with E-state index in [1.807, 2.05) is 5.32 Å². The quantitative estimate of drug-likeness (QED) is 0.682. The molecule has 0 heterocycles. The molecule has 5 heteroatoms. The normalized spacial score (nSPS) is 17.8. The molecule has 0 aromatic rings. The van der Waals surface area contributed by atoms with Crippen molar-refractivity contribution in [2.75, 3.05) is 0 Å². The van der Waals surface area contributed by atoms with Gasteiger partial charge in [-0.2, -0.15) is 0 Å². The van der Waals surface area contributed by atoms with Gasteiger partial charge in [-0.1, -0.05) is 0 Å². The molecule has 0 aliphatic heterocycles. The summed E-state index contributed by atoms with van der Waals surface area (Å²) in [6.07, 6.45) is -1.02. The fourth-order valence-electron chi connectivity index (χ4n) is 0.480. The van der Waals surface area contributed by atoms with Gasteiger partial charge in [-0.05, 0) is 27.7 Å². The molecule has 0 spiro atoms. The van der Waals surface area contributed by atoms with Crippen molar-refractivity contribution in [3.05, 3.63) is 0 Å². The molecule has 0 bridgehead atoms. The third-order valence-electron chi connectivity index (χ3n) is 0.910. The molecule has 0 rings (SSSR count). The number of nitrogens with one attached hydrogen (secondary N) is 1. The first-order chi connectivity index (χ1) is 6.60. The minimum absolute atomic E-state index is 0.772. The van der Waals surface area contributed by atoms with Crippen LogP contribution in [0.5, 0.6) is 0 Å². The number of carbonyl (C=O) groups is 2. The molecule has 5 nitrogen and oxygen atoms in total. The summed E-state index contributed by atoms with van der Waals surface area (Å²) in [5, 5.41) is 10.4. The summed E-state index contributed by atoms with van der Waals surface area (Å²) in [6, 6.07) is -2.36. The van der Waals surface area contributed by atoms with E-state index in [4.69, 9.17) is 12.6 Å². The molecule has 0 radical (unpaired) electrons. The van der Waals surface area contributed by atoms with Crippen LogP contribution in [0.1, 0.15) is 30.4 Å². The van der Waals surface area contributed by atoms with Crippen molar-refractivity contribution in [2.24, 2.45) is 0 Å². The van der Waals surface area contributed by atoms with Gasteiger partial charge in [-0.3, -0.25) is 4.79 Å². The molecule has 13 heavy (non-hydrogen) atoms. The highest BCUT2D eigenvalue weighted by Gasteiger charge is 2.20. The Balaban J connectivity index is 4.45. The maximum Gasteiger partial charge on any atom is 0.408 e. The van der Waals surface area contributed by atoms with Crippen LogP contribution in [0.2, 0.25) is 0 Å². The molecule has 0 aromatic heterocycles. The summed E-state index contributed by atoms with van der Waals surface area (Å²) in [5.74, 6) is -1.59. The Bertz CT molecular complexity index is 264. The van der Waals surface area contributed by atoms with Crippen LogP contribution in [0.4, 0.5) is 4.79 Å². The van der Waals surface area contributed by atoms with E-state index < -0.39 is 30.6 Å². The predicted molar refractivity (Wildman–Crippen MR) is 46.5 cm³/mol. The van der Waals surface area contributed by atoms with Crippen molar-refractivity contribution >= 4 is 12.1 Å². The lowest BCUT2D eigenvalue weighted by Gasteiger charge is -2.20. The highest BCUT2D eigenvalue weighted by atomic mass is 16.6. The van der Waals surface area contributed by atoms with Crippen LogP contribution >= 0.6 is 0 Å². The summed E-state index contributed by atoms with van der Waals surface area (Å²) in [6.45, 7) is 4.04. The Morgan fingerprint density at radius 2 is 2.15 bits per heavy atom.